The van der Waals surface area contributed by atoms with Crippen molar-refractivity contribution < 1.29 is 8.81 Å². The standard InChI is InChI=1S/C16H13FOS/c1-2-11-5-6-12(13(17)10-11)14-7-8-15(18-14)16-4-3-9-19-16/h3-10H,2H2,1H3. The zero-order valence-electron chi connectivity index (χ0n) is 10.5. The molecule has 2 heterocycles. The largest absolute Gasteiger partial charge is 0.455 e. The van der Waals surface area contributed by atoms with Crippen LogP contribution in [0.2, 0.25) is 0 Å². The maximum atomic E-state index is 14.0. The molecule has 0 N–H and O–H groups in total. The lowest BCUT2D eigenvalue weighted by Crippen LogP contribution is -1.86. The molecule has 0 bridgehead atoms. The minimum atomic E-state index is -0.230. The minimum absolute atomic E-state index is 0.230. The second kappa shape index (κ2) is 5.02. The van der Waals surface area contributed by atoms with E-state index >= 15 is 0 Å². The molecular formula is C16H13FOS. The molecule has 0 aliphatic heterocycles. The Labute approximate surface area is 115 Å². The van der Waals surface area contributed by atoms with Crippen molar-refractivity contribution in [1.82, 2.24) is 0 Å². The average Bonchev–Trinajstić information content (AvgIpc) is 3.09. The van der Waals surface area contributed by atoms with Gasteiger partial charge < -0.3 is 4.42 Å². The van der Waals surface area contributed by atoms with E-state index < -0.39 is 0 Å². The third-order valence-electron chi connectivity index (χ3n) is 3.08. The van der Waals surface area contributed by atoms with Crippen molar-refractivity contribution in [1.29, 1.82) is 0 Å². The number of rotatable bonds is 3. The number of halogens is 1. The van der Waals surface area contributed by atoms with Crippen LogP contribution >= 0.6 is 11.3 Å². The fourth-order valence-corrected chi connectivity index (χ4v) is 2.70. The summed E-state index contributed by atoms with van der Waals surface area (Å²) in [6.07, 6.45) is 0.829. The van der Waals surface area contributed by atoms with Gasteiger partial charge >= 0.3 is 0 Å². The molecule has 0 fully saturated rings. The van der Waals surface area contributed by atoms with Gasteiger partial charge in [-0.05, 0) is 47.7 Å². The van der Waals surface area contributed by atoms with Crippen molar-refractivity contribution in [3.8, 4) is 22.0 Å². The van der Waals surface area contributed by atoms with Crippen molar-refractivity contribution in [3.63, 3.8) is 0 Å². The first-order valence-electron chi connectivity index (χ1n) is 6.20. The van der Waals surface area contributed by atoms with Crippen LogP contribution in [0, 0.1) is 5.82 Å². The van der Waals surface area contributed by atoms with Crippen molar-refractivity contribution in [2.75, 3.05) is 0 Å². The first-order chi connectivity index (χ1) is 9.28. The first kappa shape index (κ1) is 12.2. The Kier molecular flexibility index (Phi) is 3.22. The maximum absolute atomic E-state index is 14.0. The lowest BCUT2D eigenvalue weighted by Gasteiger charge is -2.02. The zero-order chi connectivity index (χ0) is 13.2. The van der Waals surface area contributed by atoms with E-state index in [4.69, 9.17) is 4.42 Å². The van der Waals surface area contributed by atoms with Gasteiger partial charge in [0.2, 0.25) is 0 Å². The van der Waals surface area contributed by atoms with Gasteiger partial charge in [-0.2, -0.15) is 0 Å². The molecule has 0 amide bonds. The highest BCUT2D eigenvalue weighted by Gasteiger charge is 2.11. The van der Waals surface area contributed by atoms with Gasteiger partial charge in [0.15, 0.2) is 0 Å². The number of furan rings is 1. The average molecular weight is 272 g/mol. The van der Waals surface area contributed by atoms with Crippen LogP contribution in [0.15, 0.2) is 52.3 Å². The normalized spacial score (nSPS) is 10.8. The fourth-order valence-electron chi connectivity index (χ4n) is 2.01. The van der Waals surface area contributed by atoms with Crippen molar-refractivity contribution in [2.24, 2.45) is 0 Å². The summed E-state index contributed by atoms with van der Waals surface area (Å²) < 4.78 is 19.8. The molecule has 0 atom stereocenters. The van der Waals surface area contributed by atoms with E-state index in [2.05, 4.69) is 0 Å². The summed E-state index contributed by atoms with van der Waals surface area (Å²) in [6, 6.07) is 13.0. The highest BCUT2D eigenvalue weighted by molar-refractivity contribution is 7.13. The molecule has 0 saturated heterocycles. The van der Waals surface area contributed by atoms with Crippen molar-refractivity contribution in [3.05, 3.63) is 59.2 Å². The predicted octanol–water partition coefficient (Wildman–Crippen LogP) is 5.38. The Bertz CT molecular complexity index is 683. The van der Waals surface area contributed by atoms with E-state index in [0.29, 0.717) is 11.3 Å². The Morgan fingerprint density at radius 1 is 1.11 bits per heavy atom. The van der Waals surface area contributed by atoms with Crippen LogP contribution in [0.25, 0.3) is 22.0 Å². The summed E-state index contributed by atoms with van der Waals surface area (Å²) >= 11 is 1.61. The maximum Gasteiger partial charge on any atom is 0.144 e. The van der Waals surface area contributed by atoms with Crippen LogP contribution in [0.5, 0.6) is 0 Å². The van der Waals surface area contributed by atoms with Crippen molar-refractivity contribution in [2.45, 2.75) is 13.3 Å². The van der Waals surface area contributed by atoms with Crippen LogP contribution < -0.4 is 0 Å². The molecule has 96 valence electrons. The van der Waals surface area contributed by atoms with Gasteiger partial charge in [0, 0.05) is 0 Å². The van der Waals surface area contributed by atoms with Gasteiger partial charge in [-0.3, -0.25) is 0 Å². The molecule has 0 unspecified atom stereocenters. The molecule has 0 aliphatic rings. The number of benzene rings is 1. The van der Waals surface area contributed by atoms with Crippen LogP contribution in [0.3, 0.4) is 0 Å². The van der Waals surface area contributed by atoms with Crippen LogP contribution in [-0.2, 0) is 6.42 Å². The van der Waals surface area contributed by atoms with E-state index in [1.807, 2.05) is 42.6 Å². The second-order valence-electron chi connectivity index (χ2n) is 4.31. The molecular weight excluding hydrogens is 259 g/mol. The molecule has 19 heavy (non-hydrogen) atoms. The van der Waals surface area contributed by atoms with E-state index in [1.165, 1.54) is 0 Å². The number of aryl methyl sites for hydroxylation is 1. The lowest BCUT2D eigenvalue weighted by molar-refractivity contribution is 0.581. The molecule has 0 radical (unpaired) electrons. The summed E-state index contributed by atoms with van der Waals surface area (Å²) in [5, 5.41) is 1.99. The van der Waals surface area contributed by atoms with Crippen LogP contribution in [-0.4, -0.2) is 0 Å². The predicted molar refractivity (Wildman–Crippen MR) is 76.8 cm³/mol. The molecule has 2 aromatic heterocycles. The smallest absolute Gasteiger partial charge is 0.144 e. The topological polar surface area (TPSA) is 13.1 Å². The van der Waals surface area contributed by atoms with Crippen molar-refractivity contribution >= 4 is 11.3 Å². The third kappa shape index (κ3) is 2.34. The first-order valence-corrected chi connectivity index (χ1v) is 7.08. The quantitative estimate of drug-likeness (QED) is 0.624. The lowest BCUT2D eigenvalue weighted by atomic mass is 10.1. The van der Waals surface area contributed by atoms with Gasteiger partial charge in [0.1, 0.15) is 17.3 Å². The molecule has 0 spiro atoms. The Hall–Kier alpha value is -1.87. The summed E-state index contributed by atoms with van der Waals surface area (Å²) in [5.41, 5.74) is 1.51. The summed E-state index contributed by atoms with van der Waals surface area (Å²) in [5.74, 6) is 1.12. The third-order valence-corrected chi connectivity index (χ3v) is 3.96. The minimum Gasteiger partial charge on any atom is -0.455 e. The molecule has 1 nitrogen and oxygen atoms in total. The summed E-state index contributed by atoms with van der Waals surface area (Å²) in [7, 11) is 0. The molecule has 0 saturated carbocycles. The monoisotopic (exact) mass is 272 g/mol. The molecule has 1 aromatic carbocycles. The van der Waals surface area contributed by atoms with Gasteiger partial charge in [-0.1, -0.05) is 19.1 Å². The van der Waals surface area contributed by atoms with Crippen LogP contribution in [0.4, 0.5) is 4.39 Å². The highest BCUT2D eigenvalue weighted by Crippen LogP contribution is 2.32. The SMILES string of the molecule is CCc1ccc(-c2ccc(-c3cccs3)o2)c(F)c1. The molecule has 0 aliphatic carbocycles. The van der Waals surface area contributed by atoms with Gasteiger partial charge in [0.05, 0.1) is 10.4 Å². The van der Waals surface area contributed by atoms with Crippen LogP contribution in [0.1, 0.15) is 12.5 Å². The summed E-state index contributed by atoms with van der Waals surface area (Å²) in [6.45, 7) is 2.01. The van der Waals surface area contributed by atoms with E-state index in [-0.39, 0.29) is 5.82 Å². The number of hydrogen-bond donors (Lipinski definition) is 0. The van der Waals surface area contributed by atoms with Gasteiger partial charge in [-0.25, -0.2) is 4.39 Å². The fraction of sp³-hybridized carbons (Fsp3) is 0.125. The Morgan fingerprint density at radius 3 is 2.63 bits per heavy atom. The Balaban J connectivity index is 1.99. The molecule has 3 aromatic rings. The molecule has 3 heteroatoms. The number of thiophene rings is 1. The van der Waals surface area contributed by atoms with E-state index in [9.17, 15) is 4.39 Å². The highest BCUT2D eigenvalue weighted by atomic mass is 32.1. The van der Waals surface area contributed by atoms with Gasteiger partial charge in [0.25, 0.3) is 0 Å². The Morgan fingerprint density at radius 2 is 1.95 bits per heavy atom. The van der Waals surface area contributed by atoms with E-state index in [1.54, 1.807) is 23.5 Å². The van der Waals surface area contributed by atoms with E-state index in [0.717, 1.165) is 22.6 Å². The van der Waals surface area contributed by atoms with Gasteiger partial charge in [-0.15, -0.1) is 11.3 Å². The second-order valence-corrected chi connectivity index (χ2v) is 5.26. The number of hydrogen-bond acceptors (Lipinski definition) is 2. The summed E-state index contributed by atoms with van der Waals surface area (Å²) in [4.78, 5) is 1.05. The zero-order valence-corrected chi connectivity index (χ0v) is 11.3. The molecule has 3 rings (SSSR count).